The maximum Gasteiger partial charge on any atom is 0.283 e. The molecule has 180 valence electrons. The number of aromatic nitrogens is 4. The van der Waals surface area contributed by atoms with Crippen LogP contribution in [0.4, 0.5) is 10.1 Å². The van der Waals surface area contributed by atoms with E-state index in [4.69, 9.17) is 0 Å². The minimum Gasteiger partial charge on any atom is -0.392 e. The summed E-state index contributed by atoms with van der Waals surface area (Å²) in [7, 11) is 1.52. The van der Waals surface area contributed by atoms with Crippen LogP contribution in [0.5, 0.6) is 0 Å². The first-order valence-electron chi connectivity index (χ1n) is 10.8. The van der Waals surface area contributed by atoms with E-state index in [-0.39, 0.29) is 27.9 Å². The van der Waals surface area contributed by atoms with Crippen LogP contribution in [0.1, 0.15) is 31.9 Å². The topological polar surface area (TPSA) is 119 Å². The maximum absolute atomic E-state index is 15.1. The fourth-order valence-electron chi connectivity index (χ4n) is 3.93. The Morgan fingerprint density at radius 3 is 2.57 bits per heavy atom. The lowest BCUT2D eigenvalue weighted by Crippen LogP contribution is -2.25. The van der Waals surface area contributed by atoms with Gasteiger partial charge in [0, 0.05) is 36.0 Å². The lowest BCUT2D eigenvalue weighted by atomic mass is 9.86. The van der Waals surface area contributed by atoms with Gasteiger partial charge in [-0.3, -0.25) is 14.4 Å². The fraction of sp³-hybridized carbons (Fsp3) is 0.240. The summed E-state index contributed by atoms with van der Waals surface area (Å²) in [5, 5.41) is 17.0. The SMILES string of the molecule is Cn1cc(-c2ccnc(-n3ncc4cc(C(C)(C)C)cc(F)c4c3=O)c2CO)cc(NC=O)c1=O. The molecule has 3 heterocycles. The molecule has 10 heteroatoms. The zero-order chi connectivity index (χ0) is 25.5. The second-order valence-corrected chi connectivity index (χ2v) is 9.17. The van der Waals surface area contributed by atoms with Gasteiger partial charge >= 0.3 is 0 Å². The normalized spacial score (nSPS) is 11.6. The zero-order valence-electron chi connectivity index (χ0n) is 19.7. The molecule has 9 nitrogen and oxygen atoms in total. The Balaban J connectivity index is 1.95. The molecule has 0 atom stereocenters. The molecule has 0 fully saturated rings. The zero-order valence-corrected chi connectivity index (χ0v) is 19.7. The van der Waals surface area contributed by atoms with Gasteiger partial charge in [0.05, 0.1) is 18.2 Å². The van der Waals surface area contributed by atoms with Crippen molar-refractivity contribution in [2.75, 3.05) is 5.32 Å². The molecule has 0 saturated heterocycles. The number of aryl methyl sites for hydroxylation is 1. The molecule has 0 aliphatic rings. The number of halogens is 1. The van der Waals surface area contributed by atoms with E-state index in [0.717, 1.165) is 10.2 Å². The lowest BCUT2D eigenvalue weighted by Gasteiger charge is -2.20. The van der Waals surface area contributed by atoms with Gasteiger partial charge in [-0.2, -0.15) is 9.78 Å². The molecule has 0 bridgehead atoms. The van der Waals surface area contributed by atoms with Crippen molar-refractivity contribution in [2.24, 2.45) is 7.05 Å². The average Bonchev–Trinajstić information content (AvgIpc) is 2.81. The van der Waals surface area contributed by atoms with Crippen LogP contribution >= 0.6 is 0 Å². The monoisotopic (exact) mass is 477 g/mol. The van der Waals surface area contributed by atoms with Gasteiger partial charge in [-0.15, -0.1) is 0 Å². The van der Waals surface area contributed by atoms with E-state index in [2.05, 4.69) is 15.4 Å². The molecule has 0 spiro atoms. The molecule has 0 radical (unpaired) electrons. The van der Waals surface area contributed by atoms with Crippen molar-refractivity contribution >= 4 is 22.9 Å². The van der Waals surface area contributed by atoms with Gasteiger partial charge in [-0.05, 0) is 40.8 Å². The van der Waals surface area contributed by atoms with Gasteiger partial charge in [0.15, 0.2) is 5.82 Å². The number of aliphatic hydroxyl groups is 1. The van der Waals surface area contributed by atoms with E-state index >= 15 is 4.39 Å². The summed E-state index contributed by atoms with van der Waals surface area (Å²) < 4.78 is 17.3. The Morgan fingerprint density at radius 1 is 1.17 bits per heavy atom. The number of fused-ring (bicyclic) bond motifs is 1. The second kappa shape index (κ2) is 8.88. The molecule has 0 unspecified atom stereocenters. The third kappa shape index (κ3) is 4.24. The van der Waals surface area contributed by atoms with Gasteiger partial charge in [0.1, 0.15) is 11.5 Å². The summed E-state index contributed by atoms with van der Waals surface area (Å²) in [6.45, 7) is 5.32. The summed E-state index contributed by atoms with van der Waals surface area (Å²) in [5.41, 5.74) is 0.494. The van der Waals surface area contributed by atoms with Crippen LogP contribution in [0, 0.1) is 5.82 Å². The number of anilines is 1. The minimum absolute atomic E-state index is 0.0231. The Hall–Kier alpha value is -4.18. The number of nitrogens with zero attached hydrogens (tertiary/aromatic N) is 4. The summed E-state index contributed by atoms with van der Waals surface area (Å²) in [6.07, 6.45) is 4.73. The highest BCUT2D eigenvalue weighted by Crippen LogP contribution is 2.29. The quantitative estimate of drug-likeness (QED) is 0.427. The molecule has 35 heavy (non-hydrogen) atoms. The van der Waals surface area contributed by atoms with Gasteiger partial charge in [0.2, 0.25) is 6.41 Å². The summed E-state index contributed by atoms with van der Waals surface area (Å²) >= 11 is 0. The number of aliphatic hydroxyl groups excluding tert-OH is 1. The number of amides is 1. The van der Waals surface area contributed by atoms with Gasteiger partial charge < -0.3 is 15.0 Å². The highest BCUT2D eigenvalue weighted by molar-refractivity contribution is 5.83. The van der Waals surface area contributed by atoms with Crippen LogP contribution in [0.3, 0.4) is 0 Å². The third-order valence-corrected chi connectivity index (χ3v) is 5.81. The van der Waals surface area contributed by atoms with Crippen molar-refractivity contribution < 1.29 is 14.3 Å². The molecule has 1 aromatic carbocycles. The molecule has 0 aliphatic heterocycles. The smallest absolute Gasteiger partial charge is 0.283 e. The third-order valence-electron chi connectivity index (χ3n) is 5.81. The molecule has 4 rings (SSSR count). The summed E-state index contributed by atoms with van der Waals surface area (Å²) in [5.74, 6) is -0.645. The Kier molecular flexibility index (Phi) is 6.08. The van der Waals surface area contributed by atoms with Crippen LogP contribution in [0.15, 0.2) is 52.4 Å². The predicted octanol–water partition coefficient (Wildman–Crippen LogP) is 2.64. The predicted molar refractivity (Wildman–Crippen MR) is 130 cm³/mol. The van der Waals surface area contributed by atoms with Crippen molar-refractivity contribution in [2.45, 2.75) is 32.8 Å². The lowest BCUT2D eigenvalue weighted by molar-refractivity contribution is -0.105. The molecule has 2 N–H and O–H groups in total. The highest BCUT2D eigenvalue weighted by Gasteiger charge is 2.21. The first-order chi connectivity index (χ1) is 16.6. The highest BCUT2D eigenvalue weighted by atomic mass is 19.1. The number of benzene rings is 1. The van der Waals surface area contributed by atoms with Crippen molar-refractivity contribution in [3.63, 3.8) is 0 Å². The standard InChI is InChI=1S/C25H24FN5O4/c1-25(2,3)16-7-14-10-29-31(24(35)21(14)19(26)9-16)22-18(12-32)17(5-6-27-22)15-8-20(28-13-33)23(34)30(4)11-15/h5-11,13,32H,12H2,1-4H3,(H,28,33). The van der Waals surface area contributed by atoms with Gasteiger partial charge in [-0.25, -0.2) is 9.37 Å². The Morgan fingerprint density at radius 2 is 1.91 bits per heavy atom. The van der Waals surface area contributed by atoms with Crippen molar-refractivity contribution in [1.29, 1.82) is 0 Å². The summed E-state index contributed by atoms with van der Waals surface area (Å²) in [6, 6.07) is 6.14. The van der Waals surface area contributed by atoms with Crippen molar-refractivity contribution in [3.05, 3.63) is 80.5 Å². The van der Waals surface area contributed by atoms with Gasteiger partial charge in [-0.1, -0.05) is 20.8 Å². The number of carbonyl (C=O) groups excluding carboxylic acids is 1. The number of hydrogen-bond donors (Lipinski definition) is 2. The first-order valence-corrected chi connectivity index (χ1v) is 10.8. The largest absolute Gasteiger partial charge is 0.392 e. The van der Waals surface area contributed by atoms with Crippen LogP contribution in [0.2, 0.25) is 0 Å². The van der Waals surface area contributed by atoms with E-state index in [1.54, 1.807) is 12.1 Å². The van der Waals surface area contributed by atoms with E-state index in [1.807, 2.05) is 20.8 Å². The molecule has 3 aromatic heterocycles. The van der Waals surface area contributed by atoms with Crippen molar-refractivity contribution in [3.8, 4) is 16.9 Å². The van der Waals surface area contributed by atoms with Gasteiger partial charge in [0.25, 0.3) is 11.1 Å². The molecule has 0 aliphatic carbocycles. The molecular weight excluding hydrogens is 453 g/mol. The number of nitrogens with one attached hydrogen (secondary N) is 1. The molecule has 1 amide bonds. The first kappa shape index (κ1) is 24.0. The van der Waals surface area contributed by atoms with Crippen LogP contribution in [-0.4, -0.2) is 30.8 Å². The van der Waals surface area contributed by atoms with Crippen LogP contribution < -0.4 is 16.4 Å². The van der Waals surface area contributed by atoms with E-state index in [0.29, 0.717) is 22.9 Å². The second-order valence-electron chi connectivity index (χ2n) is 9.17. The molecular formula is C25H24FN5O4. The van der Waals surface area contributed by atoms with Crippen molar-refractivity contribution in [1.82, 2.24) is 19.3 Å². The number of carbonyl (C=O) groups is 1. The number of pyridine rings is 2. The van der Waals surface area contributed by atoms with Crippen LogP contribution in [0.25, 0.3) is 27.7 Å². The van der Waals surface area contributed by atoms with Crippen LogP contribution in [-0.2, 0) is 23.9 Å². The summed E-state index contributed by atoms with van der Waals surface area (Å²) in [4.78, 5) is 40.7. The molecule has 0 saturated carbocycles. The fourth-order valence-corrected chi connectivity index (χ4v) is 3.93. The average molecular weight is 477 g/mol. The van der Waals surface area contributed by atoms with E-state index < -0.39 is 23.5 Å². The van der Waals surface area contributed by atoms with E-state index in [1.165, 1.54) is 42.3 Å². The number of hydrogen-bond acceptors (Lipinski definition) is 6. The Labute approximate surface area is 199 Å². The minimum atomic E-state index is -0.719. The van der Waals surface area contributed by atoms with E-state index in [9.17, 15) is 19.5 Å². The number of rotatable bonds is 5. The molecule has 4 aromatic rings. The Bertz CT molecular complexity index is 1580. The maximum atomic E-state index is 15.1.